The molecule has 1 aromatic rings. The van der Waals surface area contributed by atoms with Gasteiger partial charge in [-0.2, -0.15) is 0 Å². The third kappa shape index (κ3) is 3.03. The van der Waals surface area contributed by atoms with E-state index in [1.165, 1.54) is 31.0 Å². The highest BCUT2D eigenvalue weighted by atomic mass is 32.2. The lowest BCUT2D eigenvalue weighted by molar-refractivity contribution is -0.139. The summed E-state index contributed by atoms with van der Waals surface area (Å²) in [5.74, 6) is -0.605. The van der Waals surface area contributed by atoms with E-state index >= 15 is 0 Å². The van der Waals surface area contributed by atoms with Crippen molar-refractivity contribution in [1.82, 2.24) is 0 Å². The Bertz CT molecular complexity index is 328. The van der Waals surface area contributed by atoms with E-state index in [9.17, 15) is 9.18 Å². The van der Waals surface area contributed by atoms with Crippen LogP contribution in [0.3, 0.4) is 0 Å². The molecule has 0 radical (unpaired) electrons. The third-order valence-electron chi connectivity index (χ3n) is 1.64. The number of esters is 1. The number of benzene rings is 1. The minimum absolute atomic E-state index is 0.299. The van der Waals surface area contributed by atoms with Gasteiger partial charge in [-0.25, -0.2) is 4.39 Å². The molecule has 1 unspecified atom stereocenters. The summed E-state index contributed by atoms with van der Waals surface area (Å²) in [5, 5.41) is -0.318. The first-order valence-corrected chi connectivity index (χ1v) is 5.01. The lowest BCUT2D eigenvalue weighted by atomic mass is 10.3. The molecule has 1 rings (SSSR count). The largest absolute Gasteiger partial charge is 0.468 e. The minimum Gasteiger partial charge on any atom is -0.468 e. The van der Waals surface area contributed by atoms with Gasteiger partial charge in [0.05, 0.1) is 7.11 Å². The fraction of sp³-hybridized carbons (Fsp3) is 0.300. The van der Waals surface area contributed by atoms with Crippen LogP contribution in [0.2, 0.25) is 0 Å². The number of thioether (sulfide) groups is 1. The average molecular weight is 214 g/mol. The van der Waals surface area contributed by atoms with Crippen LogP contribution in [0.5, 0.6) is 0 Å². The van der Waals surface area contributed by atoms with Crippen molar-refractivity contribution >= 4 is 17.7 Å². The summed E-state index contributed by atoms with van der Waals surface area (Å²) in [4.78, 5) is 11.8. The van der Waals surface area contributed by atoms with Crippen LogP contribution in [0, 0.1) is 5.82 Å². The van der Waals surface area contributed by atoms with Gasteiger partial charge in [0.15, 0.2) is 0 Å². The highest BCUT2D eigenvalue weighted by Gasteiger charge is 2.14. The number of hydrogen-bond acceptors (Lipinski definition) is 3. The molecule has 1 atom stereocenters. The van der Waals surface area contributed by atoms with Gasteiger partial charge in [-0.1, -0.05) is 6.07 Å². The summed E-state index contributed by atoms with van der Waals surface area (Å²) in [7, 11) is 1.34. The van der Waals surface area contributed by atoms with Gasteiger partial charge in [-0.05, 0) is 25.1 Å². The zero-order valence-electron chi connectivity index (χ0n) is 7.99. The Morgan fingerprint density at radius 2 is 2.29 bits per heavy atom. The molecule has 0 bridgehead atoms. The summed E-state index contributed by atoms with van der Waals surface area (Å²) >= 11 is 1.28. The minimum atomic E-state index is -0.318. The van der Waals surface area contributed by atoms with E-state index in [4.69, 9.17) is 0 Å². The SMILES string of the molecule is COC(=O)C(C)Sc1cccc(F)c1. The first kappa shape index (κ1) is 11.0. The maximum absolute atomic E-state index is 12.8. The van der Waals surface area contributed by atoms with E-state index in [0.717, 1.165) is 4.90 Å². The van der Waals surface area contributed by atoms with Crippen molar-refractivity contribution in [1.29, 1.82) is 0 Å². The van der Waals surface area contributed by atoms with E-state index in [1.807, 2.05) is 0 Å². The molecule has 0 aromatic heterocycles. The van der Waals surface area contributed by atoms with Gasteiger partial charge in [0, 0.05) is 4.90 Å². The molecular weight excluding hydrogens is 203 g/mol. The smallest absolute Gasteiger partial charge is 0.318 e. The molecule has 0 spiro atoms. The maximum Gasteiger partial charge on any atom is 0.318 e. The van der Waals surface area contributed by atoms with E-state index in [1.54, 1.807) is 19.1 Å². The predicted octanol–water partition coefficient (Wildman–Crippen LogP) is 2.48. The average Bonchev–Trinajstić information content (AvgIpc) is 2.16. The van der Waals surface area contributed by atoms with E-state index in [-0.39, 0.29) is 17.0 Å². The van der Waals surface area contributed by atoms with Crippen molar-refractivity contribution in [2.45, 2.75) is 17.1 Å². The van der Waals surface area contributed by atoms with Crippen LogP contribution < -0.4 is 0 Å². The molecule has 0 aliphatic carbocycles. The zero-order chi connectivity index (χ0) is 10.6. The van der Waals surface area contributed by atoms with Crippen LogP contribution in [-0.2, 0) is 9.53 Å². The summed E-state index contributed by atoms with van der Waals surface area (Å²) < 4.78 is 17.3. The molecule has 0 aliphatic rings. The lowest BCUT2D eigenvalue weighted by Gasteiger charge is -2.08. The monoisotopic (exact) mass is 214 g/mol. The first-order valence-electron chi connectivity index (χ1n) is 4.13. The molecule has 4 heteroatoms. The Labute approximate surface area is 86.5 Å². The van der Waals surface area contributed by atoms with Crippen LogP contribution >= 0.6 is 11.8 Å². The molecule has 14 heavy (non-hydrogen) atoms. The maximum atomic E-state index is 12.8. The van der Waals surface area contributed by atoms with Gasteiger partial charge in [0.1, 0.15) is 11.1 Å². The molecule has 1 aromatic carbocycles. The van der Waals surface area contributed by atoms with E-state index in [2.05, 4.69) is 4.74 Å². The second kappa shape index (κ2) is 5.00. The number of halogens is 1. The molecule has 0 amide bonds. The molecule has 2 nitrogen and oxygen atoms in total. The number of methoxy groups -OCH3 is 1. The van der Waals surface area contributed by atoms with Crippen LogP contribution in [0.25, 0.3) is 0 Å². The number of carbonyl (C=O) groups is 1. The lowest BCUT2D eigenvalue weighted by Crippen LogP contribution is -2.14. The van der Waals surface area contributed by atoms with Gasteiger partial charge in [-0.3, -0.25) is 4.79 Å². The van der Waals surface area contributed by atoms with Crippen LogP contribution in [-0.4, -0.2) is 18.3 Å². The second-order valence-corrected chi connectivity index (χ2v) is 4.15. The van der Waals surface area contributed by atoms with Crippen LogP contribution in [0.4, 0.5) is 4.39 Å². The van der Waals surface area contributed by atoms with Gasteiger partial charge in [-0.15, -0.1) is 11.8 Å². The van der Waals surface area contributed by atoms with Crippen LogP contribution in [0.1, 0.15) is 6.92 Å². The van der Waals surface area contributed by atoms with E-state index in [0.29, 0.717) is 0 Å². The molecule has 0 N–H and O–H groups in total. The molecular formula is C10H11FO2S. The topological polar surface area (TPSA) is 26.3 Å². The predicted molar refractivity (Wildman–Crippen MR) is 53.7 cm³/mol. The molecule has 76 valence electrons. The van der Waals surface area contributed by atoms with Gasteiger partial charge >= 0.3 is 5.97 Å². The second-order valence-electron chi connectivity index (χ2n) is 2.74. The van der Waals surface area contributed by atoms with Crippen molar-refractivity contribution in [3.8, 4) is 0 Å². The summed E-state index contributed by atoms with van der Waals surface area (Å²) in [6.45, 7) is 1.72. The van der Waals surface area contributed by atoms with Crippen molar-refractivity contribution < 1.29 is 13.9 Å². The Balaban J connectivity index is 2.64. The van der Waals surface area contributed by atoms with Gasteiger partial charge in [0.25, 0.3) is 0 Å². The molecule has 0 saturated carbocycles. The van der Waals surface area contributed by atoms with Crippen LogP contribution in [0.15, 0.2) is 29.2 Å². The Morgan fingerprint density at radius 1 is 1.57 bits per heavy atom. The Morgan fingerprint density at radius 3 is 2.86 bits per heavy atom. The van der Waals surface area contributed by atoms with Gasteiger partial charge < -0.3 is 4.74 Å². The van der Waals surface area contributed by atoms with Crippen molar-refractivity contribution in [3.05, 3.63) is 30.1 Å². The molecule has 0 aliphatic heterocycles. The highest BCUT2D eigenvalue weighted by molar-refractivity contribution is 8.00. The van der Waals surface area contributed by atoms with Crippen molar-refractivity contribution in [2.75, 3.05) is 7.11 Å². The van der Waals surface area contributed by atoms with Gasteiger partial charge in [0.2, 0.25) is 0 Å². The Hall–Kier alpha value is -1.03. The van der Waals surface area contributed by atoms with E-state index < -0.39 is 0 Å². The summed E-state index contributed by atoms with van der Waals surface area (Å²) in [5.41, 5.74) is 0. The zero-order valence-corrected chi connectivity index (χ0v) is 8.81. The van der Waals surface area contributed by atoms with Crippen molar-refractivity contribution in [2.24, 2.45) is 0 Å². The fourth-order valence-corrected chi connectivity index (χ4v) is 1.90. The highest BCUT2D eigenvalue weighted by Crippen LogP contribution is 2.24. The Kier molecular flexibility index (Phi) is 3.95. The fourth-order valence-electron chi connectivity index (χ4n) is 0.959. The number of ether oxygens (including phenoxy) is 1. The first-order chi connectivity index (χ1) is 6.63. The number of hydrogen-bond donors (Lipinski definition) is 0. The number of carbonyl (C=O) groups excluding carboxylic acids is 1. The molecule has 0 saturated heterocycles. The molecule has 0 heterocycles. The quantitative estimate of drug-likeness (QED) is 0.571. The van der Waals surface area contributed by atoms with Crippen molar-refractivity contribution in [3.63, 3.8) is 0 Å². The standard InChI is InChI=1S/C10H11FO2S/c1-7(10(12)13-2)14-9-5-3-4-8(11)6-9/h3-7H,1-2H3. The summed E-state index contributed by atoms with van der Waals surface area (Å²) in [6, 6.07) is 6.13. The third-order valence-corrected chi connectivity index (χ3v) is 2.71. The normalized spacial score (nSPS) is 12.2. The summed E-state index contributed by atoms with van der Waals surface area (Å²) in [6.07, 6.45) is 0. The number of rotatable bonds is 3. The molecule has 0 fully saturated rings.